The molecule has 0 saturated heterocycles. The fraction of sp³-hybridized carbons (Fsp3) is 0. The summed E-state index contributed by atoms with van der Waals surface area (Å²) in [6.07, 6.45) is 7.49. The fourth-order valence-electron chi connectivity index (χ4n) is 7.81. The van der Waals surface area contributed by atoms with Crippen LogP contribution < -0.4 is 0 Å². The Hall–Kier alpha value is -7.36. The van der Waals surface area contributed by atoms with Gasteiger partial charge in [-0.25, -0.2) is 0 Å². The van der Waals surface area contributed by atoms with Crippen LogP contribution in [-0.4, -0.2) is 14.5 Å². The third-order valence-corrected chi connectivity index (χ3v) is 10.5. The third-order valence-electron chi connectivity index (χ3n) is 10.5. The zero-order valence-electron chi connectivity index (χ0n) is 30.0. The normalized spacial score (nSPS) is 11.3. The molecular weight excluding hydrogens is 667 g/mol. The predicted octanol–water partition coefficient (Wildman–Crippen LogP) is 13.6. The van der Waals surface area contributed by atoms with E-state index in [0.29, 0.717) is 0 Å². The van der Waals surface area contributed by atoms with Gasteiger partial charge in [-0.05, 0) is 110 Å². The molecule has 0 unspecified atom stereocenters. The maximum absolute atomic E-state index is 4.37. The molecule has 3 nitrogen and oxygen atoms in total. The third kappa shape index (κ3) is 6.18. The van der Waals surface area contributed by atoms with Crippen LogP contribution >= 0.6 is 0 Å². The monoisotopic (exact) mass is 701 g/mol. The molecule has 0 aliphatic heterocycles. The number of hydrogen-bond acceptors (Lipinski definition) is 2. The SMILES string of the molecule is c1ccc(-c2cc(-c3ccccc3)cc(-n3c4cc(-c5cccc(-c6cccnc6)c5)ccc4c4ccc(-c5cccc(-c6cccnc6)c5)cc43)c2)cc1. The van der Waals surface area contributed by atoms with Crippen LogP contribution in [0, 0.1) is 0 Å². The lowest BCUT2D eigenvalue weighted by Crippen LogP contribution is -1.96. The highest BCUT2D eigenvalue weighted by molar-refractivity contribution is 6.11. The molecule has 0 atom stereocenters. The Morgan fingerprint density at radius 3 is 1.09 bits per heavy atom. The second-order valence-corrected chi connectivity index (χ2v) is 13.9. The first-order valence-corrected chi connectivity index (χ1v) is 18.6. The van der Waals surface area contributed by atoms with E-state index in [2.05, 4.69) is 190 Å². The number of pyridine rings is 2. The van der Waals surface area contributed by atoms with Crippen LogP contribution in [0.25, 0.3) is 94.3 Å². The maximum atomic E-state index is 4.37. The van der Waals surface area contributed by atoms with E-state index in [1.807, 2.05) is 36.9 Å². The van der Waals surface area contributed by atoms with E-state index in [-0.39, 0.29) is 0 Å². The first-order chi connectivity index (χ1) is 27.2. The average Bonchev–Trinajstić information content (AvgIpc) is 3.60. The molecule has 0 aliphatic rings. The van der Waals surface area contributed by atoms with Gasteiger partial charge in [0, 0.05) is 52.4 Å². The zero-order valence-corrected chi connectivity index (χ0v) is 30.0. The van der Waals surface area contributed by atoms with E-state index in [1.165, 1.54) is 33.0 Å². The van der Waals surface area contributed by atoms with Crippen molar-refractivity contribution in [2.45, 2.75) is 0 Å². The summed E-state index contributed by atoms with van der Waals surface area (Å²) in [5.41, 5.74) is 17.3. The number of benzene rings is 7. The lowest BCUT2D eigenvalue weighted by atomic mass is 9.97. The molecule has 10 rings (SSSR count). The summed E-state index contributed by atoms with van der Waals surface area (Å²) in [6.45, 7) is 0. The van der Waals surface area contributed by atoms with Crippen molar-refractivity contribution in [3.8, 4) is 72.4 Å². The Morgan fingerprint density at radius 2 is 0.655 bits per heavy atom. The van der Waals surface area contributed by atoms with Crippen LogP contribution in [0.4, 0.5) is 0 Å². The number of rotatable bonds is 7. The zero-order chi connectivity index (χ0) is 36.6. The van der Waals surface area contributed by atoms with Crippen molar-refractivity contribution in [2.75, 3.05) is 0 Å². The number of hydrogen-bond donors (Lipinski definition) is 0. The van der Waals surface area contributed by atoms with E-state index >= 15 is 0 Å². The van der Waals surface area contributed by atoms with Gasteiger partial charge in [0.2, 0.25) is 0 Å². The van der Waals surface area contributed by atoms with Crippen LogP contribution in [0.15, 0.2) is 213 Å². The average molecular weight is 702 g/mol. The van der Waals surface area contributed by atoms with Crippen LogP contribution in [0.3, 0.4) is 0 Å². The second kappa shape index (κ2) is 13.9. The molecule has 55 heavy (non-hydrogen) atoms. The van der Waals surface area contributed by atoms with Gasteiger partial charge in [0.05, 0.1) is 11.0 Å². The molecule has 0 aliphatic carbocycles. The van der Waals surface area contributed by atoms with Crippen LogP contribution in [0.2, 0.25) is 0 Å². The van der Waals surface area contributed by atoms with Gasteiger partial charge in [-0.1, -0.05) is 133 Å². The summed E-state index contributed by atoms with van der Waals surface area (Å²) < 4.78 is 2.46. The molecule has 0 saturated carbocycles. The van der Waals surface area contributed by atoms with Gasteiger partial charge >= 0.3 is 0 Å². The van der Waals surface area contributed by atoms with E-state index in [4.69, 9.17) is 0 Å². The Kier molecular flexibility index (Phi) is 8.16. The molecule has 3 aromatic heterocycles. The van der Waals surface area contributed by atoms with Crippen molar-refractivity contribution < 1.29 is 0 Å². The van der Waals surface area contributed by atoms with Crippen molar-refractivity contribution in [2.24, 2.45) is 0 Å². The minimum Gasteiger partial charge on any atom is -0.309 e. The minimum absolute atomic E-state index is 1.10. The van der Waals surface area contributed by atoms with Crippen LogP contribution in [0.5, 0.6) is 0 Å². The van der Waals surface area contributed by atoms with Gasteiger partial charge in [-0.3, -0.25) is 9.97 Å². The lowest BCUT2D eigenvalue weighted by molar-refractivity contribution is 1.18. The van der Waals surface area contributed by atoms with Crippen molar-refractivity contribution in [3.63, 3.8) is 0 Å². The molecule has 258 valence electrons. The first-order valence-electron chi connectivity index (χ1n) is 18.6. The molecular formula is C52H35N3. The van der Waals surface area contributed by atoms with E-state index in [1.54, 1.807) is 0 Å². The highest BCUT2D eigenvalue weighted by atomic mass is 15.0. The summed E-state index contributed by atoms with van der Waals surface area (Å²) in [5.74, 6) is 0. The summed E-state index contributed by atoms with van der Waals surface area (Å²) in [7, 11) is 0. The molecule has 3 heterocycles. The van der Waals surface area contributed by atoms with Gasteiger partial charge in [0.1, 0.15) is 0 Å². The topological polar surface area (TPSA) is 30.7 Å². The molecule has 0 fully saturated rings. The smallest absolute Gasteiger partial charge is 0.0547 e. The van der Waals surface area contributed by atoms with Crippen molar-refractivity contribution >= 4 is 21.8 Å². The number of aromatic nitrogens is 3. The van der Waals surface area contributed by atoms with E-state index in [9.17, 15) is 0 Å². The Balaban J connectivity index is 1.22. The summed E-state index contributed by atoms with van der Waals surface area (Å²) in [5, 5.41) is 2.42. The molecule has 3 heteroatoms. The Bertz CT molecular complexity index is 2750. The maximum Gasteiger partial charge on any atom is 0.0547 e. The van der Waals surface area contributed by atoms with Gasteiger partial charge in [0.25, 0.3) is 0 Å². The summed E-state index contributed by atoms with van der Waals surface area (Å²) >= 11 is 0. The second-order valence-electron chi connectivity index (χ2n) is 13.9. The highest BCUT2D eigenvalue weighted by Gasteiger charge is 2.17. The van der Waals surface area contributed by atoms with Gasteiger partial charge in [-0.15, -0.1) is 0 Å². The number of fused-ring (bicyclic) bond motifs is 3. The predicted molar refractivity (Wildman–Crippen MR) is 229 cm³/mol. The first kappa shape index (κ1) is 32.3. The van der Waals surface area contributed by atoms with Gasteiger partial charge in [-0.2, -0.15) is 0 Å². The van der Waals surface area contributed by atoms with Crippen LogP contribution in [0.1, 0.15) is 0 Å². The molecule has 0 radical (unpaired) electrons. The summed E-state index contributed by atoms with van der Waals surface area (Å²) in [4.78, 5) is 8.75. The molecule has 10 aromatic rings. The molecule has 0 bridgehead atoms. The molecule has 0 spiro atoms. The fourth-order valence-corrected chi connectivity index (χ4v) is 7.81. The number of nitrogens with zero attached hydrogens (tertiary/aromatic N) is 3. The Labute approximate surface area is 320 Å². The van der Waals surface area contributed by atoms with Crippen molar-refractivity contribution in [1.82, 2.24) is 14.5 Å². The van der Waals surface area contributed by atoms with E-state index in [0.717, 1.165) is 61.2 Å². The van der Waals surface area contributed by atoms with Gasteiger partial charge in [0.15, 0.2) is 0 Å². The molecule has 7 aromatic carbocycles. The molecule has 0 N–H and O–H groups in total. The summed E-state index contributed by atoms with van der Waals surface area (Å²) in [6, 6.07) is 67.9. The largest absolute Gasteiger partial charge is 0.309 e. The highest BCUT2D eigenvalue weighted by Crippen LogP contribution is 2.40. The minimum atomic E-state index is 1.10. The Morgan fingerprint density at radius 1 is 0.273 bits per heavy atom. The van der Waals surface area contributed by atoms with Gasteiger partial charge < -0.3 is 4.57 Å². The standard InChI is InChI=1S/C52H35N3/c1-3-11-36(12-4-1)46-29-47(37-13-5-2-6-14-37)31-48(30-46)55-51-32-42(38-15-7-17-40(27-38)44-19-9-25-53-34-44)21-23-49(51)50-24-22-43(33-52(50)55)39-16-8-18-41(28-39)45-20-10-26-54-35-45/h1-35H. The van der Waals surface area contributed by atoms with E-state index < -0.39 is 0 Å². The lowest BCUT2D eigenvalue weighted by Gasteiger charge is -2.15. The quantitative estimate of drug-likeness (QED) is 0.166. The van der Waals surface area contributed by atoms with Crippen LogP contribution in [-0.2, 0) is 0 Å². The molecule has 0 amide bonds. The van der Waals surface area contributed by atoms with Crippen molar-refractivity contribution in [3.05, 3.63) is 213 Å². The van der Waals surface area contributed by atoms with Crippen molar-refractivity contribution in [1.29, 1.82) is 0 Å².